The first kappa shape index (κ1) is 11.4. The third kappa shape index (κ3) is 2.54. The minimum Gasteiger partial charge on any atom is -0.399 e. The maximum absolute atomic E-state index is 11.3. The zero-order valence-electron chi connectivity index (χ0n) is 9.23. The summed E-state index contributed by atoms with van der Waals surface area (Å²) in [5, 5.41) is 3.77. The summed E-state index contributed by atoms with van der Waals surface area (Å²) in [7, 11) is 0. The number of benzene rings is 1. The van der Waals surface area contributed by atoms with E-state index in [4.69, 9.17) is 11.5 Å². The van der Waals surface area contributed by atoms with Crippen LogP contribution in [0, 0.1) is 6.92 Å². The van der Waals surface area contributed by atoms with Gasteiger partial charge in [0.25, 0.3) is 5.91 Å². The Labute approximate surface area is 102 Å². The molecule has 1 heterocycles. The Hall–Kier alpha value is -2.08. The van der Waals surface area contributed by atoms with E-state index in [-0.39, 0.29) is 0 Å². The Bertz CT molecular complexity index is 564. The molecule has 1 aromatic carbocycles. The second-order valence-corrected chi connectivity index (χ2v) is 4.81. The first-order valence-corrected chi connectivity index (χ1v) is 5.76. The molecule has 0 atom stereocenters. The first-order valence-electron chi connectivity index (χ1n) is 4.95. The van der Waals surface area contributed by atoms with Crippen LogP contribution >= 0.6 is 11.3 Å². The molecule has 0 spiro atoms. The fourth-order valence-corrected chi connectivity index (χ4v) is 2.08. The Kier molecular flexibility index (Phi) is 2.97. The number of anilines is 3. The van der Waals surface area contributed by atoms with Crippen molar-refractivity contribution in [1.82, 2.24) is 4.98 Å². The van der Waals surface area contributed by atoms with Crippen LogP contribution in [-0.2, 0) is 0 Å². The van der Waals surface area contributed by atoms with E-state index < -0.39 is 5.91 Å². The monoisotopic (exact) mass is 248 g/mol. The van der Waals surface area contributed by atoms with Crippen LogP contribution in [0.3, 0.4) is 0 Å². The van der Waals surface area contributed by atoms with Crippen molar-refractivity contribution in [2.24, 2.45) is 5.73 Å². The van der Waals surface area contributed by atoms with Gasteiger partial charge in [0.1, 0.15) is 0 Å². The molecule has 2 aromatic rings. The van der Waals surface area contributed by atoms with Crippen LogP contribution in [0.4, 0.5) is 16.5 Å². The predicted molar refractivity (Wildman–Crippen MR) is 69.5 cm³/mol. The van der Waals surface area contributed by atoms with Gasteiger partial charge in [-0.3, -0.25) is 4.79 Å². The Morgan fingerprint density at radius 1 is 1.47 bits per heavy atom. The standard InChI is InChI=1S/C11H12N4OS/c1-6-5-14-11(17-6)15-9-3-2-7(12)4-8(9)10(13)16/h2-5H,12H2,1H3,(H2,13,16)(H,14,15). The number of primary amides is 1. The summed E-state index contributed by atoms with van der Waals surface area (Å²) in [6.45, 7) is 1.96. The molecular formula is C11H12N4OS. The molecule has 0 aliphatic heterocycles. The number of carbonyl (C=O) groups excluding carboxylic acids is 1. The minimum absolute atomic E-state index is 0.359. The van der Waals surface area contributed by atoms with Crippen molar-refractivity contribution >= 4 is 33.8 Å². The largest absolute Gasteiger partial charge is 0.399 e. The van der Waals surface area contributed by atoms with Gasteiger partial charge in [-0.1, -0.05) is 0 Å². The summed E-state index contributed by atoms with van der Waals surface area (Å²) < 4.78 is 0. The number of nitrogen functional groups attached to an aromatic ring is 1. The highest BCUT2D eigenvalue weighted by Gasteiger charge is 2.10. The molecular weight excluding hydrogens is 236 g/mol. The number of thiazole rings is 1. The highest BCUT2D eigenvalue weighted by Crippen LogP contribution is 2.25. The molecule has 0 fully saturated rings. The van der Waals surface area contributed by atoms with Crippen LogP contribution in [0.15, 0.2) is 24.4 Å². The fraction of sp³-hybridized carbons (Fsp3) is 0.0909. The van der Waals surface area contributed by atoms with Crippen LogP contribution in [0.5, 0.6) is 0 Å². The van der Waals surface area contributed by atoms with E-state index >= 15 is 0 Å². The third-order valence-electron chi connectivity index (χ3n) is 2.17. The van der Waals surface area contributed by atoms with Gasteiger partial charge in [-0.15, -0.1) is 11.3 Å². The smallest absolute Gasteiger partial charge is 0.250 e. The number of nitrogens with two attached hydrogens (primary N) is 2. The molecule has 0 unspecified atom stereocenters. The number of nitrogens with one attached hydrogen (secondary N) is 1. The quantitative estimate of drug-likeness (QED) is 0.723. The number of aryl methyl sites for hydroxylation is 1. The van der Waals surface area contributed by atoms with Crippen molar-refractivity contribution in [2.45, 2.75) is 6.92 Å². The van der Waals surface area contributed by atoms with Gasteiger partial charge in [0, 0.05) is 16.8 Å². The predicted octanol–water partition coefficient (Wildman–Crippen LogP) is 1.88. The van der Waals surface area contributed by atoms with Crippen LogP contribution in [0.1, 0.15) is 15.2 Å². The van der Waals surface area contributed by atoms with E-state index in [2.05, 4.69) is 10.3 Å². The van der Waals surface area contributed by atoms with E-state index in [1.807, 2.05) is 6.92 Å². The van der Waals surface area contributed by atoms with E-state index in [9.17, 15) is 4.79 Å². The van der Waals surface area contributed by atoms with Crippen LogP contribution in [0.2, 0.25) is 0 Å². The van der Waals surface area contributed by atoms with E-state index in [1.165, 1.54) is 11.3 Å². The van der Waals surface area contributed by atoms with Crippen LogP contribution in [0.25, 0.3) is 0 Å². The summed E-state index contributed by atoms with van der Waals surface area (Å²) in [4.78, 5) is 16.5. The Balaban J connectivity index is 2.35. The highest BCUT2D eigenvalue weighted by molar-refractivity contribution is 7.15. The molecule has 1 aromatic heterocycles. The van der Waals surface area contributed by atoms with Crippen LogP contribution in [-0.4, -0.2) is 10.9 Å². The molecule has 17 heavy (non-hydrogen) atoms. The van der Waals surface area contributed by atoms with Crippen LogP contribution < -0.4 is 16.8 Å². The zero-order valence-corrected chi connectivity index (χ0v) is 10.0. The van der Waals surface area contributed by atoms with Crippen molar-refractivity contribution in [3.05, 3.63) is 34.8 Å². The molecule has 0 bridgehead atoms. The van der Waals surface area contributed by atoms with Gasteiger partial charge in [0.15, 0.2) is 5.13 Å². The lowest BCUT2D eigenvalue weighted by atomic mass is 10.1. The molecule has 0 aliphatic carbocycles. The summed E-state index contributed by atoms with van der Waals surface area (Å²) in [5.74, 6) is -0.520. The minimum atomic E-state index is -0.520. The molecule has 5 N–H and O–H groups in total. The molecule has 1 amide bonds. The normalized spacial score (nSPS) is 10.2. The van der Waals surface area contributed by atoms with Gasteiger partial charge >= 0.3 is 0 Å². The lowest BCUT2D eigenvalue weighted by Gasteiger charge is -2.08. The number of hydrogen-bond acceptors (Lipinski definition) is 5. The Morgan fingerprint density at radius 2 is 2.24 bits per heavy atom. The molecule has 0 radical (unpaired) electrons. The second-order valence-electron chi connectivity index (χ2n) is 3.57. The molecule has 5 nitrogen and oxygen atoms in total. The molecule has 2 rings (SSSR count). The SMILES string of the molecule is Cc1cnc(Nc2ccc(N)cc2C(N)=O)s1. The molecule has 6 heteroatoms. The van der Waals surface area contributed by atoms with Crippen molar-refractivity contribution < 1.29 is 4.79 Å². The summed E-state index contributed by atoms with van der Waals surface area (Å²) in [5.41, 5.74) is 12.4. The van der Waals surface area contributed by atoms with Gasteiger partial charge in [-0.25, -0.2) is 4.98 Å². The number of hydrogen-bond donors (Lipinski definition) is 3. The highest BCUT2D eigenvalue weighted by atomic mass is 32.1. The molecule has 0 saturated carbocycles. The van der Waals surface area contributed by atoms with Crippen molar-refractivity contribution in [3.63, 3.8) is 0 Å². The number of amides is 1. The molecule has 0 saturated heterocycles. The fourth-order valence-electron chi connectivity index (χ4n) is 1.40. The topological polar surface area (TPSA) is 94.0 Å². The second kappa shape index (κ2) is 4.42. The van der Waals surface area contributed by atoms with E-state index in [1.54, 1.807) is 24.4 Å². The van der Waals surface area contributed by atoms with E-state index in [0.29, 0.717) is 16.9 Å². The van der Waals surface area contributed by atoms with Gasteiger partial charge in [0.05, 0.1) is 11.3 Å². The summed E-state index contributed by atoms with van der Waals surface area (Å²) in [6.07, 6.45) is 1.76. The summed E-state index contributed by atoms with van der Waals surface area (Å²) >= 11 is 1.50. The summed E-state index contributed by atoms with van der Waals surface area (Å²) in [6, 6.07) is 4.96. The van der Waals surface area contributed by atoms with Gasteiger partial charge in [-0.05, 0) is 25.1 Å². The third-order valence-corrected chi connectivity index (χ3v) is 3.00. The molecule has 88 valence electrons. The number of carbonyl (C=O) groups is 1. The average Bonchev–Trinajstić information content (AvgIpc) is 2.66. The van der Waals surface area contributed by atoms with Crippen molar-refractivity contribution in [3.8, 4) is 0 Å². The molecule has 0 aliphatic rings. The van der Waals surface area contributed by atoms with Crippen molar-refractivity contribution in [1.29, 1.82) is 0 Å². The number of rotatable bonds is 3. The number of aromatic nitrogens is 1. The van der Waals surface area contributed by atoms with Crippen molar-refractivity contribution in [2.75, 3.05) is 11.1 Å². The van der Waals surface area contributed by atoms with Gasteiger partial charge < -0.3 is 16.8 Å². The lowest BCUT2D eigenvalue weighted by molar-refractivity contribution is 0.100. The lowest BCUT2D eigenvalue weighted by Crippen LogP contribution is -2.13. The number of nitrogens with zero attached hydrogens (tertiary/aromatic N) is 1. The Morgan fingerprint density at radius 3 is 2.82 bits per heavy atom. The zero-order chi connectivity index (χ0) is 12.4. The van der Waals surface area contributed by atoms with Gasteiger partial charge in [0.2, 0.25) is 0 Å². The maximum Gasteiger partial charge on any atom is 0.250 e. The first-order chi connectivity index (χ1) is 8.06. The van der Waals surface area contributed by atoms with Gasteiger partial charge in [-0.2, -0.15) is 0 Å². The van der Waals surface area contributed by atoms with E-state index in [0.717, 1.165) is 10.0 Å². The average molecular weight is 248 g/mol. The maximum atomic E-state index is 11.3.